The Hall–Kier alpha value is -2.75. The Balaban J connectivity index is 1.90. The highest BCUT2D eigenvalue weighted by Gasteiger charge is 2.72. The van der Waals surface area contributed by atoms with Gasteiger partial charge in [0.05, 0.1) is 11.0 Å². The van der Waals surface area contributed by atoms with Crippen LogP contribution in [0.5, 0.6) is 0 Å². The molecule has 0 N–H and O–H groups in total. The third kappa shape index (κ3) is 4.02. The van der Waals surface area contributed by atoms with E-state index in [4.69, 9.17) is 4.74 Å². The molecule has 7 heteroatoms. The van der Waals surface area contributed by atoms with Gasteiger partial charge in [-0.1, -0.05) is 47.6 Å². The quantitative estimate of drug-likeness (QED) is 0.309. The van der Waals surface area contributed by atoms with Crippen molar-refractivity contribution in [2.24, 2.45) is 38.4 Å². The lowest BCUT2D eigenvalue weighted by atomic mass is 9.38. The van der Waals surface area contributed by atoms with Crippen molar-refractivity contribution in [1.29, 1.82) is 5.26 Å². The second kappa shape index (κ2) is 9.12. The van der Waals surface area contributed by atoms with Crippen LogP contribution in [0, 0.1) is 49.7 Å². The number of Topliss-reactive ketones (excluding diaryl/α,β-unsaturated/α-hetero) is 1. The van der Waals surface area contributed by atoms with E-state index < -0.39 is 44.4 Å². The first-order valence-corrected chi connectivity index (χ1v) is 15.0. The zero-order valence-electron chi connectivity index (χ0n) is 26.9. The smallest absolute Gasteiger partial charge is 0.312 e. The number of fused-ring (bicyclic) bond motifs is 5. The molecule has 1 saturated carbocycles. The van der Waals surface area contributed by atoms with Gasteiger partial charge in [0.2, 0.25) is 5.91 Å². The lowest BCUT2D eigenvalue weighted by Crippen LogP contribution is -2.67. The average Bonchev–Trinajstić information content (AvgIpc) is 2.95. The van der Waals surface area contributed by atoms with Crippen molar-refractivity contribution in [3.63, 3.8) is 0 Å². The fourth-order valence-electron chi connectivity index (χ4n) is 8.76. The van der Waals surface area contributed by atoms with Crippen molar-refractivity contribution in [2.45, 2.75) is 106 Å². The van der Waals surface area contributed by atoms with Gasteiger partial charge in [0, 0.05) is 24.9 Å². The standard InChI is InChI=1S/C34H48N2O5/c1-28(2,3)14-15-29(4)16-17-32(7)31(6)13-12-22-30(5,23(31)18-24(37)34(32,9)41-27(29)40)19-21(20-35)25(38)33(22,8)26(39)36(10)11/h18-19,22H,12-17H2,1-11H3/t22-,29+,30+,31-,32+,33+,34-/m1/s1. The van der Waals surface area contributed by atoms with Crippen molar-refractivity contribution in [1.82, 2.24) is 4.90 Å². The summed E-state index contributed by atoms with van der Waals surface area (Å²) in [6.07, 6.45) is 7.24. The van der Waals surface area contributed by atoms with Crippen molar-refractivity contribution in [2.75, 3.05) is 14.1 Å². The Bertz CT molecular complexity index is 1330. The molecule has 4 rings (SSSR count). The van der Waals surface area contributed by atoms with E-state index in [0.717, 1.165) is 12.0 Å². The zero-order valence-corrected chi connectivity index (χ0v) is 26.9. The predicted molar refractivity (Wildman–Crippen MR) is 156 cm³/mol. The fraction of sp³-hybridized carbons (Fsp3) is 0.735. The number of carbonyl (C=O) groups excluding carboxylic acids is 4. The summed E-state index contributed by atoms with van der Waals surface area (Å²) in [6, 6.07) is 2.07. The Morgan fingerprint density at radius 1 is 1.05 bits per heavy atom. The molecule has 0 bridgehead atoms. The maximum Gasteiger partial charge on any atom is 0.312 e. The second-order valence-electron chi connectivity index (χ2n) is 15.9. The van der Waals surface area contributed by atoms with Crippen LogP contribution in [0.25, 0.3) is 0 Å². The van der Waals surface area contributed by atoms with Crippen molar-refractivity contribution >= 4 is 23.4 Å². The molecule has 1 saturated heterocycles. The Morgan fingerprint density at radius 3 is 2.20 bits per heavy atom. The highest BCUT2D eigenvalue weighted by atomic mass is 16.6. The minimum Gasteiger partial charge on any atom is -0.450 e. The number of amides is 1. The van der Waals surface area contributed by atoms with Gasteiger partial charge in [0.15, 0.2) is 17.2 Å². The maximum atomic E-state index is 14.2. The number of nitriles is 1. The Kier molecular flexibility index (Phi) is 6.94. The lowest BCUT2D eigenvalue weighted by molar-refractivity contribution is -0.197. The number of hydrogen-bond donors (Lipinski definition) is 0. The van der Waals surface area contributed by atoms with E-state index in [1.54, 1.807) is 40.1 Å². The first kappa shape index (κ1) is 31.2. The zero-order chi connectivity index (χ0) is 31.2. The normalized spacial score (nSPS) is 42.4. The molecule has 0 aromatic rings. The number of allylic oxidation sites excluding steroid dienone is 3. The fourth-order valence-corrected chi connectivity index (χ4v) is 8.76. The van der Waals surface area contributed by atoms with Crippen molar-refractivity contribution in [3.8, 4) is 6.07 Å². The summed E-state index contributed by atoms with van der Waals surface area (Å²) in [6.45, 7) is 18.1. The van der Waals surface area contributed by atoms with Gasteiger partial charge >= 0.3 is 5.97 Å². The highest BCUT2D eigenvalue weighted by Crippen LogP contribution is 2.72. The van der Waals surface area contributed by atoms with Crippen LogP contribution < -0.4 is 0 Å². The summed E-state index contributed by atoms with van der Waals surface area (Å²) >= 11 is 0. The van der Waals surface area contributed by atoms with E-state index >= 15 is 0 Å². The second-order valence-corrected chi connectivity index (χ2v) is 15.9. The van der Waals surface area contributed by atoms with E-state index in [2.05, 4.69) is 40.7 Å². The number of hydrogen-bond acceptors (Lipinski definition) is 6. The van der Waals surface area contributed by atoms with E-state index in [1.165, 1.54) is 4.90 Å². The van der Waals surface area contributed by atoms with E-state index in [1.807, 2.05) is 13.8 Å². The Morgan fingerprint density at radius 2 is 1.66 bits per heavy atom. The SMILES string of the molecule is CN(C)C(=O)[C@]1(C)C(=O)C(C#N)=C[C@]2(C)C3=CC(=O)[C@@]4(C)OC(=O)[C@@](C)(CCC(C)(C)C)CC[C@@]4(C)[C@]3(C)CC[C@@H]12. The summed E-state index contributed by atoms with van der Waals surface area (Å²) in [7, 11) is 3.25. The topological polar surface area (TPSA) is 105 Å². The van der Waals surface area contributed by atoms with Crippen LogP contribution in [0.4, 0.5) is 0 Å². The third-order valence-electron chi connectivity index (χ3n) is 12.1. The monoisotopic (exact) mass is 564 g/mol. The molecular formula is C34H48N2O5. The molecule has 0 spiro atoms. The predicted octanol–water partition coefficient (Wildman–Crippen LogP) is 5.98. The molecule has 0 aromatic heterocycles. The van der Waals surface area contributed by atoms with Crippen LogP contribution in [0.1, 0.15) is 101 Å². The molecular weight excluding hydrogens is 516 g/mol. The van der Waals surface area contributed by atoms with Crippen molar-refractivity contribution in [3.05, 3.63) is 23.3 Å². The summed E-state index contributed by atoms with van der Waals surface area (Å²) in [5, 5.41) is 10.0. The molecule has 3 aliphatic carbocycles. The number of ketones is 2. The summed E-state index contributed by atoms with van der Waals surface area (Å²) in [5.74, 6) is -1.81. The summed E-state index contributed by atoms with van der Waals surface area (Å²) in [4.78, 5) is 56.8. The van der Waals surface area contributed by atoms with Crippen LogP contribution in [0.15, 0.2) is 23.3 Å². The maximum absolute atomic E-state index is 14.2. The van der Waals surface area contributed by atoms with Gasteiger partial charge in [-0.2, -0.15) is 5.26 Å². The molecule has 7 nitrogen and oxygen atoms in total. The third-order valence-corrected chi connectivity index (χ3v) is 12.1. The average molecular weight is 565 g/mol. The lowest BCUT2D eigenvalue weighted by Gasteiger charge is -2.65. The largest absolute Gasteiger partial charge is 0.450 e. The number of nitrogens with zero attached hydrogens (tertiary/aromatic N) is 2. The Labute approximate surface area is 245 Å². The molecule has 1 amide bonds. The van der Waals surface area contributed by atoms with Crippen LogP contribution in [0.2, 0.25) is 0 Å². The van der Waals surface area contributed by atoms with Gasteiger partial charge in [-0.3, -0.25) is 19.2 Å². The minimum atomic E-state index is -1.44. The molecule has 41 heavy (non-hydrogen) atoms. The number of ether oxygens (including phenoxy) is 1. The highest BCUT2D eigenvalue weighted by molar-refractivity contribution is 6.16. The van der Waals surface area contributed by atoms with Gasteiger partial charge in [-0.25, -0.2) is 0 Å². The summed E-state index contributed by atoms with van der Waals surface area (Å²) in [5.41, 5.74) is -4.89. The van der Waals surface area contributed by atoms with Crippen LogP contribution in [-0.2, 0) is 23.9 Å². The minimum absolute atomic E-state index is 0.0420. The molecule has 0 aromatic carbocycles. The van der Waals surface area contributed by atoms with Crippen LogP contribution >= 0.6 is 0 Å². The number of carbonyl (C=O) groups is 4. The molecule has 224 valence electrons. The molecule has 1 aliphatic heterocycles. The van der Waals surface area contributed by atoms with E-state index in [9.17, 15) is 24.4 Å². The molecule has 0 unspecified atom stereocenters. The summed E-state index contributed by atoms with van der Waals surface area (Å²) < 4.78 is 6.34. The molecule has 0 radical (unpaired) electrons. The first-order chi connectivity index (χ1) is 18.6. The number of rotatable bonds is 3. The van der Waals surface area contributed by atoms with Gasteiger partial charge in [0.25, 0.3) is 0 Å². The first-order valence-electron chi connectivity index (χ1n) is 15.0. The van der Waals surface area contributed by atoms with Gasteiger partial charge in [-0.15, -0.1) is 0 Å². The van der Waals surface area contributed by atoms with E-state index in [0.29, 0.717) is 32.1 Å². The molecule has 1 heterocycles. The number of esters is 1. The molecule has 4 aliphatic rings. The van der Waals surface area contributed by atoms with Gasteiger partial charge in [0.1, 0.15) is 11.5 Å². The van der Waals surface area contributed by atoms with Gasteiger partial charge < -0.3 is 9.64 Å². The van der Waals surface area contributed by atoms with Gasteiger partial charge in [-0.05, 0) is 87.7 Å². The molecule has 2 fully saturated rings. The van der Waals surface area contributed by atoms with Crippen LogP contribution in [-0.4, -0.2) is 48.0 Å². The van der Waals surface area contributed by atoms with Crippen LogP contribution in [0.3, 0.4) is 0 Å². The molecule has 7 atom stereocenters. The van der Waals surface area contributed by atoms with E-state index in [-0.39, 0.29) is 28.6 Å². The van der Waals surface area contributed by atoms with Crippen molar-refractivity contribution < 1.29 is 23.9 Å².